The molecule has 0 aliphatic carbocycles. The lowest BCUT2D eigenvalue weighted by Crippen LogP contribution is -2.51. The Morgan fingerprint density at radius 2 is 1.50 bits per heavy atom. The van der Waals surface area contributed by atoms with E-state index < -0.39 is 35.1 Å². The number of nitrogens with zero attached hydrogens (tertiary/aromatic N) is 10. The Labute approximate surface area is 450 Å². The van der Waals surface area contributed by atoms with Crippen LogP contribution in [0.3, 0.4) is 0 Å². The minimum Gasteiger partial charge on any atom is -0.508 e. The van der Waals surface area contributed by atoms with Crippen LogP contribution >= 0.6 is 0 Å². The summed E-state index contributed by atoms with van der Waals surface area (Å²) in [7, 11) is 0. The van der Waals surface area contributed by atoms with Crippen LogP contribution in [0.5, 0.6) is 11.8 Å². The zero-order chi connectivity index (χ0) is 53.9. The van der Waals surface area contributed by atoms with E-state index in [9.17, 15) is 19.5 Å². The molecule has 2 bridgehead atoms. The Bertz CT molecular complexity index is 3400. The molecular weight excluding hydrogens is 1000 g/mol. The fourth-order valence-electron chi connectivity index (χ4n) is 13.4. The van der Waals surface area contributed by atoms with Gasteiger partial charge in [0.2, 0.25) is 11.8 Å². The molecule has 2 amide bonds. The van der Waals surface area contributed by atoms with Crippen LogP contribution in [0.2, 0.25) is 0 Å². The van der Waals surface area contributed by atoms with Gasteiger partial charge in [0.1, 0.15) is 46.8 Å². The average Bonchev–Trinajstić information content (AvgIpc) is 4.15. The zero-order valence-corrected chi connectivity index (χ0v) is 44.3. The lowest BCUT2D eigenvalue weighted by Gasteiger charge is -2.41. The number of imide groups is 1. The topological polar surface area (TPSA) is 169 Å². The molecule has 6 fully saturated rings. The highest BCUT2D eigenvalue weighted by atomic mass is 19.1. The normalized spacial score (nSPS) is 22.3. The van der Waals surface area contributed by atoms with E-state index in [1.165, 1.54) is 33.4 Å². The van der Waals surface area contributed by atoms with Crippen LogP contribution in [-0.2, 0) is 9.59 Å². The molecule has 3 N–H and O–H groups in total. The van der Waals surface area contributed by atoms with E-state index in [1.54, 1.807) is 18.3 Å². The van der Waals surface area contributed by atoms with Crippen molar-refractivity contribution >= 4 is 56.0 Å². The molecule has 9 heterocycles. The molecule has 3 atom stereocenters. The van der Waals surface area contributed by atoms with Gasteiger partial charge in [-0.1, -0.05) is 12.0 Å². The molecule has 6 aliphatic rings. The molecule has 0 saturated carbocycles. The number of piperidine rings is 3. The summed E-state index contributed by atoms with van der Waals surface area (Å²) in [5.74, 6) is 1.20. The van der Waals surface area contributed by atoms with E-state index >= 15 is 13.2 Å². The first-order valence-electron chi connectivity index (χ1n) is 27.9. The monoisotopic (exact) mass is 1070 g/mol. The maximum atomic E-state index is 17.1. The van der Waals surface area contributed by atoms with Gasteiger partial charge in [-0.25, -0.2) is 18.0 Å². The van der Waals surface area contributed by atoms with Crippen molar-refractivity contribution in [3.8, 4) is 35.4 Å². The predicted octanol–water partition coefficient (Wildman–Crippen LogP) is 6.19. The highest BCUT2D eigenvalue weighted by molar-refractivity contribution is 6.03. The number of aromatic nitrogens is 5. The number of amides is 2. The number of likely N-dealkylation sites (tertiary alicyclic amines) is 1. The number of rotatable bonds is 13. The molecule has 0 spiro atoms. The number of benzene rings is 3. The Morgan fingerprint density at radius 3 is 2.17 bits per heavy atom. The van der Waals surface area contributed by atoms with E-state index in [1.807, 2.05) is 13.8 Å². The number of hydrogen-bond donors (Lipinski definition) is 3. The molecular formula is C58H67F3N12O5. The number of ether oxygens (including phenoxy) is 1. The van der Waals surface area contributed by atoms with E-state index in [0.717, 1.165) is 90.9 Å². The number of phenols is 1. The summed E-state index contributed by atoms with van der Waals surface area (Å²) in [4.78, 5) is 64.4. The van der Waals surface area contributed by atoms with Crippen molar-refractivity contribution in [2.75, 3.05) is 101 Å². The van der Waals surface area contributed by atoms with Crippen molar-refractivity contribution < 1.29 is 32.6 Å². The molecule has 6 aromatic rings. The van der Waals surface area contributed by atoms with Crippen molar-refractivity contribution in [2.45, 2.75) is 89.4 Å². The first-order chi connectivity index (χ1) is 37.8. The summed E-state index contributed by atoms with van der Waals surface area (Å²) >= 11 is 0. The highest BCUT2D eigenvalue weighted by Gasteiger charge is 2.37. The first-order valence-corrected chi connectivity index (χ1v) is 27.9. The molecule has 3 aromatic heterocycles. The van der Waals surface area contributed by atoms with Crippen molar-refractivity contribution in [1.29, 1.82) is 0 Å². The maximum absolute atomic E-state index is 17.1. The molecule has 12 rings (SSSR count). The van der Waals surface area contributed by atoms with Gasteiger partial charge in [0.05, 0.1) is 22.2 Å². The van der Waals surface area contributed by atoms with Gasteiger partial charge in [-0.3, -0.25) is 33.9 Å². The quantitative estimate of drug-likeness (QED) is 0.0885. The number of halogens is 3. The Balaban J connectivity index is 0.631. The van der Waals surface area contributed by atoms with E-state index in [0.29, 0.717) is 79.0 Å². The lowest BCUT2D eigenvalue weighted by molar-refractivity contribution is -0.135. The predicted molar refractivity (Wildman–Crippen MR) is 292 cm³/mol. The molecule has 17 nitrogen and oxygen atoms in total. The molecule has 3 aromatic carbocycles. The van der Waals surface area contributed by atoms with E-state index in [2.05, 4.69) is 51.0 Å². The third-order valence-corrected chi connectivity index (χ3v) is 17.4. The molecule has 6 aliphatic heterocycles. The highest BCUT2D eigenvalue weighted by Crippen LogP contribution is 2.40. The fraction of sp³-hybridized carbons (Fsp3) is 0.517. The second-order valence-corrected chi connectivity index (χ2v) is 22.7. The smallest absolute Gasteiger partial charge is 0.330 e. The maximum Gasteiger partial charge on any atom is 0.330 e. The van der Waals surface area contributed by atoms with E-state index in [4.69, 9.17) is 16.1 Å². The lowest BCUT2D eigenvalue weighted by atomic mass is 9.94. The molecule has 6 saturated heterocycles. The number of phenolic OH excluding ortho intramolecular Hbond substituents is 1. The number of terminal acetylenes is 1. The number of fused-ring (bicyclic) bond motifs is 5. The summed E-state index contributed by atoms with van der Waals surface area (Å²) in [6.45, 7) is 15.6. The van der Waals surface area contributed by atoms with Crippen LogP contribution in [0.15, 0.2) is 47.4 Å². The average molecular weight is 1070 g/mol. The summed E-state index contributed by atoms with van der Waals surface area (Å²) in [6.07, 6.45) is 13.8. The Kier molecular flexibility index (Phi) is 14.3. The van der Waals surface area contributed by atoms with Crippen LogP contribution in [0, 0.1) is 41.6 Å². The van der Waals surface area contributed by atoms with Crippen LogP contribution in [0.1, 0.15) is 82.9 Å². The van der Waals surface area contributed by atoms with Crippen LogP contribution in [0.4, 0.5) is 24.7 Å². The number of carbonyl (C=O) groups is 2. The first kappa shape index (κ1) is 51.9. The van der Waals surface area contributed by atoms with Gasteiger partial charge in [-0.05, 0) is 119 Å². The third-order valence-electron chi connectivity index (χ3n) is 17.4. The van der Waals surface area contributed by atoms with Crippen LogP contribution < -0.4 is 30.9 Å². The number of piperazine rings is 2. The number of hydrogen-bond acceptors (Lipinski definition) is 14. The molecule has 78 heavy (non-hydrogen) atoms. The second kappa shape index (κ2) is 21.5. The molecule has 3 unspecified atom stereocenters. The minimum atomic E-state index is -0.874. The van der Waals surface area contributed by atoms with Gasteiger partial charge in [0.25, 0.3) is 0 Å². The van der Waals surface area contributed by atoms with Gasteiger partial charge < -0.3 is 34.8 Å². The van der Waals surface area contributed by atoms with Crippen molar-refractivity contribution in [2.24, 2.45) is 11.8 Å². The SMILES string of the molecule is C#Cc1c(F)ccc2cc(O)cc(-c3ncc4c(N5CC6CCC(C5)N6)nc(OCCN5CCC(CN6CCN(CC7CCN(c8ccc9c(c8F)n(C(C)C)c(=O)n9C8CCC(=O)NC8=O)CC7)CC6)CC5)nc4c3F)c12. The molecule has 410 valence electrons. The molecule has 20 heteroatoms. The largest absolute Gasteiger partial charge is 0.508 e. The van der Waals surface area contributed by atoms with E-state index in [-0.39, 0.29) is 81.9 Å². The number of pyridine rings is 1. The number of anilines is 2. The van der Waals surface area contributed by atoms with Gasteiger partial charge in [-0.2, -0.15) is 9.97 Å². The van der Waals surface area contributed by atoms with Crippen molar-refractivity contribution in [1.82, 2.24) is 49.4 Å². The number of nitrogens with one attached hydrogen (secondary N) is 2. The van der Waals surface area contributed by atoms with Crippen molar-refractivity contribution in [3.05, 3.63) is 76.1 Å². The van der Waals surface area contributed by atoms with Gasteiger partial charge >= 0.3 is 11.7 Å². The van der Waals surface area contributed by atoms with Gasteiger partial charge in [0.15, 0.2) is 11.6 Å². The second-order valence-electron chi connectivity index (χ2n) is 22.7. The Morgan fingerprint density at radius 1 is 0.808 bits per heavy atom. The third kappa shape index (κ3) is 9.92. The fourth-order valence-corrected chi connectivity index (χ4v) is 13.4. The zero-order valence-electron chi connectivity index (χ0n) is 44.3. The molecule has 0 radical (unpaired) electrons. The van der Waals surface area contributed by atoms with Gasteiger partial charge in [-0.15, -0.1) is 6.42 Å². The van der Waals surface area contributed by atoms with Crippen LogP contribution in [0.25, 0.3) is 44.0 Å². The number of imidazole rings is 1. The summed E-state index contributed by atoms with van der Waals surface area (Å²) in [5, 5.41) is 17.8. The minimum absolute atomic E-state index is 0.0249. The standard InChI is InChI=1S/C58H67F3N12O5/c1-4-41-44(59)8-5-37-27-40(74)28-42(49(37)41)52-51(61)53-43(29-62-52)55(71-32-38-6-7-39(33-71)63-38)66-57(65-53)78-26-25-67-17-13-35(14-18-67)30-68-21-23-69(24-22-68)31-36-15-19-70(20-16-36)45-9-10-46-54(50(45)60)72(34(2)3)58(77)73(46)47-11-12-48(75)64-56(47)76/h1,5,8-10,27-29,34-36,38-39,47,63,74H,6-7,11-26,30-33H2,2-3H3,(H,64,75,76). The summed E-state index contributed by atoms with van der Waals surface area (Å²) < 4.78 is 57.8. The number of aromatic hydroxyl groups is 1. The summed E-state index contributed by atoms with van der Waals surface area (Å²) in [5.41, 5.74) is 0.617. The summed E-state index contributed by atoms with van der Waals surface area (Å²) in [6, 6.07) is 8.47. The van der Waals surface area contributed by atoms with Crippen molar-refractivity contribution in [3.63, 3.8) is 0 Å². The number of carbonyl (C=O) groups excluding carboxylic acids is 2. The Hall–Kier alpha value is -6.79. The van der Waals surface area contributed by atoms with Gasteiger partial charge in [0, 0.05) is 114 Å². The van der Waals surface area contributed by atoms with Crippen LogP contribution in [-0.4, -0.2) is 159 Å².